The summed E-state index contributed by atoms with van der Waals surface area (Å²) in [5, 5.41) is 2.50. The number of likely N-dealkylation sites (tertiary alicyclic amines) is 1. The van der Waals surface area contributed by atoms with E-state index >= 15 is 0 Å². The van der Waals surface area contributed by atoms with Crippen LogP contribution in [0.1, 0.15) is 48.5 Å². The SMILES string of the molecule is CCCCN(C(=O)Nc1cc(C(N)=O)c(F)cc1F)C1CCN(Cc2ccc(Oc3ccc(NS(C)(=O)=O)cc3)nc2)CC1.Cl.Cl. The fourth-order valence-corrected chi connectivity index (χ4v) is 5.50. The van der Waals surface area contributed by atoms with Gasteiger partial charge in [0.1, 0.15) is 17.4 Å². The lowest BCUT2D eigenvalue weighted by Gasteiger charge is -2.38. The molecule has 46 heavy (non-hydrogen) atoms. The molecule has 16 heteroatoms. The number of unbranched alkanes of at least 4 members (excludes halogenated alkanes) is 1. The van der Waals surface area contributed by atoms with Crippen molar-refractivity contribution in [2.75, 3.05) is 35.9 Å². The van der Waals surface area contributed by atoms with E-state index in [0.717, 1.165) is 43.8 Å². The van der Waals surface area contributed by atoms with Crippen molar-refractivity contribution in [3.8, 4) is 11.6 Å². The van der Waals surface area contributed by atoms with Gasteiger partial charge in [-0.15, -0.1) is 24.8 Å². The number of ether oxygens (including phenoxy) is 1. The zero-order valence-electron chi connectivity index (χ0n) is 25.4. The number of primary amides is 1. The highest BCUT2D eigenvalue weighted by Crippen LogP contribution is 2.25. The third-order valence-corrected chi connectivity index (χ3v) is 7.77. The van der Waals surface area contributed by atoms with Gasteiger partial charge in [0, 0.05) is 56.2 Å². The highest BCUT2D eigenvalue weighted by atomic mass is 35.5. The third-order valence-electron chi connectivity index (χ3n) is 7.16. The number of nitrogens with one attached hydrogen (secondary N) is 2. The fraction of sp³-hybridized carbons (Fsp3) is 0.367. The van der Waals surface area contributed by atoms with Crippen molar-refractivity contribution in [2.24, 2.45) is 5.73 Å². The summed E-state index contributed by atoms with van der Waals surface area (Å²) in [7, 11) is -3.36. The van der Waals surface area contributed by atoms with Crippen LogP contribution < -0.4 is 20.5 Å². The Bertz CT molecular complexity index is 1580. The number of rotatable bonds is 12. The average molecular weight is 704 g/mol. The van der Waals surface area contributed by atoms with E-state index in [1.54, 1.807) is 41.4 Å². The highest BCUT2D eigenvalue weighted by molar-refractivity contribution is 7.92. The van der Waals surface area contributed by atoms with Gasteiger partial charge in [-0.2, -0.15) is 0 Å². The molecule has 3 amide bonds. The number of pyridine rings is 1. The van der Waals surface area contributed by atoms with E-state index in [4.69, 9.17) is 10.5 Å². The second-order valence-electron chi connectivity index (χ2n) is 10.7. The number of piperidine rings is 1. The number of hydrogen-bond donors (Lipinski definition) is 3. The Balaban J connectivity index is 0.00000368. The molecule has 4 rings (SSSR count). The number of hydrogen-bond acceptors (Lipinski definition) is 7. The zero-order chi connectivity index (χ0) is 31.9. The number of benzene rings is 2. The minimum atomic E-state index is -3.36. The quantitative estimate of drug-likeness (QED) is 0.217. The second kappa shape index (κ2) is 17.3. The molecule has 1 saturated heterocycles. The predicted molar refractivity (Wildman–Crippen MR) is 178 cm³/mol. The molecule has 2 aromatic carbocycles. The number of nitrogens with zero attached hydrogens (tertiary/aromatic N) is 3. The number of carbonyl (C=O) groups is 2. The van der Waals surface area contributed by atoms with Crippen LogP contribution in [0.2, 0.25) is 0 Å². The largest absolute Gasteiger partial charge is 0.439 e. The van der Waals surface area contributed by atoms with Crippen molar-refractivity contribution in [1.82, 2.24) is 14.8 Å². The Hall–Kier alpha value is -3.72. The minimum absolute atomic E-state index is 0. The van der Waals surface area contributed by atoms with Crippen LogP contribution in [0.15, 0.2) is 54.7 Å². The molecule has 0 spiro atoms. The molecular weight excluding hydrogens is 665 g/mol. The number of anilines is 2. The van der Waals surface area contributed by atoms with Gasteiger partial charge in [0.15, 0.2) is 0 Å². The van der Waals surface area contributed by atoms with Crippen LogP contribution in [0.5, 0.6) is 11.6 Å². The Kier molecular flexibility index (Phi) is 14.4. The first kappa shape index (κ1) is 38.5. The minimum Gasteiger partial charge on any atom is -0.439 e. The van der Waals surface area contributed by atoms with Crippen LogP contribution in [-0.4, -0.2) is 67.1 Å². The van der Waals surface area contributed by atoms with E-state index in [2.05, 4.69) is 19.9 Å². The standard InChI is InChI=1S/C30H36F2N6O5S.2ClH/c1-3-4-13-38(30(40)35-27-16-24(29(33)39)25(31)17-26(27)32)22-11-14-37(15-12-22)19-20-5-10-28(34-18-20)43-23-8-6-21(7-9-23)36-44(2,41)42;;/h5-10,16-18,22,36H,3-4,11-15,19H2,1-2H3,(H2,33,39)(H,35,40);2*1H. The lowest BCUT2D eigenvalue weighted by atomic mass is 10.0. The summed E-state index contributed by atoms with van der Waals surface area (Å²) >= 11 is 0. The van der Waals surface area contributed by atoms with Crippen LogP contribution in [-0.2, 0) is 16.6 Å². The molecule has 1 aliphatic rings. The molecule has 0 bridgehead atoms. The zero-order valence-corrected chi connectivity index (χ0v) is 27.8. The summed E-state index contributed by atoms with van der Waals surface area (Å²) in [5.74, 6) is -2.22. The molecule has 4 N–H and O–H groups in total. The molecule has 0 saturated carbocycles. The van der Waals surface area contributed by atoms with Crippen LogP contribution >= 0.6 is 24.8 Å². The van der Waals surface area contributed by atoms with Crippen molar-refractivity contribution in [3.05, 3.63) is 77.5 Å². The lowest BCUT2D eigenvalue weighted by molar-refractivity contribution is 0.0996. The lowest BCUT2D eigenvalue weighted by Crippen LogP contribution is -2.49. The summed E-state index contributed by atoms with van der Waals surface area (Å²) in [6.45, 7) is 4.59. The van der Waals surface area contributed by atoms with E-state index in [1.165, 1.54) is 0 Å². The van der Waals surface area contributed by atoms with E-state index in [1.807, 2.05) is 13.0 Å². The summed E-state index contributed by atoms with van der Waals surface area (Å²) < 4.78 is 59.2. The maximum atomic E-state index is 14.4. The van der Waals surface area contributed by atoms with Gasteiger partial charge in [-0.1, -0.05) is 19.4 Å². The fourth-order valence-electron chi connectivity index (χ4n) is 4.94. The molecular formula is C30H38Cl2F2N6O5S. The van der Waals surface area contributed by atoms with Gasteiger partial charge in [0.2, 0.25) is 15.9 Å². The van der Waals surface area contributed by atoms with Gasteiger partial charge in [0.05, 0.1) is 17.5 Å². The summed E-state index contributed by atoms with van der Waals surface area (Å²) in [5.41, 5.74) is 5.80. The Morgan fingerprint density at radius 3 is 2.30 bits per heavy atom. The molecule has 252 valence electrons. The van der Waals surface area contributed by atoms with Gasteiger partial charge in [-0.25, -0.2) is 27.0 Å². The van der Waals surface area contributed by atoms with Crippen molar-refractivity contribution in [1.29, 1.82) is 0 Å². The highest BCUT2D eigenvalue weighted by Gasteiger charge is 2.28. The third kappa shape index (κ3) is 11.0. The van der Waals surface area contributed by atoms with E-state index in [0.29, 0.717) is 49.3 Å². The summed E-state index contributed by atoms with van der Waals surface area (Å²) in [4.78, 5) is 33.0. The number of urea groups is 1. The topological polar surface area (TPSA) is 147 Å². The summed E-state index contributed by atoms with van der Waals surface area (Å²) in [6.07, 6.45) is 5.84. The number of sulfonamides is 1. The molecule has 3 aromatic rings. The number of amides is 3. The number of halogens is 4. The van der Waals surface area contributed by atoms with Crippen LogP contribution in [0.3, 0.4) is 0 Å². The maximum absolute atomic E-state index is 14.4. The van der Waals surface area contributed by atoms with Crippen LogP contribution in [0.25, 0.3) is 0 Å². The average Bonchev–Trinajstić information content (AvgIpc) is 2.96. The van der Waals surface area contributed by atoms with Crippen molar-refractivity contribution >= 4 is 58.2 Å². The molecule has 0 unspecified atom stereocenters. The van der Waals surface area contributed by atoms with Gasteiger partial charge in [-0.05, 0) is 55.2 Å². The van der Waals surface area contributed by atoms with E-state index in [9.17, 15) is 26.8 Å². The van der Waals surface area contributed by atoms with E-state index < -0.39 is 39.2 Å². The van der Waals surface area contributed by atoms with Crippen molar-refractivity contribution < 1.29 is 31.5 Å². The molecule has 11 nitrogen and oxygen atoms in total. The monoisotopic (exact) mass is 702 g/mol. The van der Waals surface area contributed by atoms with Crippen LogP contribution in [0, 0.1) is 11.6 Å². The van der Waals surface area contributed by atoms with Gasteiger partial charge < -0.3 is 20.7 Å². The normalized spacial score (nSPS) is 13.6. The smallest absolute Gasteiger partial charge is 0.322 e. The van der Waals surface area contributed by atoms with Crippen LogP contribution in [0.4, 0.5) is 25.0 Å². The van der Waals surface area contributed by atoms with E-state index in [-0.39, 0.29) is 36.5 Å². The molecule has 0 atom stereocenters. The number of aromatic nitrogens is 1. The Labute approximate surface area is 279 Å². The molecule has 1 aliphatic heterocycles. The maximum Gasteiger partial charge on any atom is 0.322 e. The first-order valence-corrected chi connectivity index (χ1v) is 16.1. The van der Waals surface area contributed by atoms with Crippen molar-refractivity contribution in [2.45, 2.75) is 45.2 Å². The predicted octanol–water partition coefficient (Wildman–Crippen LogP) is 5.76. The van der Waals surface area contributed by atoms with Gasteiger partial charge >= 0.3 is 6.03 Å². The number of carbonyl (C=O) groups excluding carboxylic acids is 2. The molecule has 1 fully saturated rings. The van der Waals surface area contributed by atoms with Crippen molar-refractivity contribution in [3.63, 3.8) is 0 Å². The summed E-state index contributed by atoms with van der Waals surface area (Å²) in [6, 6.07) is 11.0. The Morgan fingerprint density at radius 2 is 1.74 bits per heavy atom. The Morgan fingerprint density at radius 1 is 1.07 bits per heavy atom. The molecule has 0 aliphatic carbocycles. The first-order chi connectivity index (χ1) is 20.9. The molecule has 1 aromatic heterocycles. The van der Waals surface area contributed by atoms with Gasteiger partial charge in [-0.3, -0.25) is 14.4 Å². The van der Waals surface area contributed by atoms with Gasteiger partial charge in [0.25, 0.3) is 5.91 Å². The second-order valence-corrected chi connectivity index (χ2v) is 12.4. The molecule has 2 heterocycles. The molecule has 0 radical (unpaired) electrons. The number of nitrogens with two attached hydrogens (primary N) is 1. The first-order valence-electron chi connectivity index (χ1n) is 14.2.